The summed E-state index contributed by atoms with van der Waals surface area (Å²) in [5.74, 6) is -0.130. The van der Waals surface area contributed by atoms with Gasteiger partial charge < -0.3 is 19.9 Å². The van der Waals surface area contributed by atoms with Gasteiger partial charge in [0.1, 0.15) is 24.1 Å². The highest BCUT2D eigenvalue weighted by Crippen LogP contribution is 2.16. The molecule has 6 heteroatoms. The number of aliphatic carboxylic acids is 1. The van der Waals surface area contributed by atoms with Crippen molar-refractivity contribution in [1.82, 2.24) is 5.32 Å². The van der Waals surface area contributed by atoms with Gasteiger partial charge in [0.05, 0.1) is 7.11 Å². The van der Waals surface area contributed by atoms with Crippen LogP contribution in [0.1, 0.15) is 21.5 Å². The molecule has 0 heterocycles. The molecule has 0 bridgehead atoms. The number of carboxylic acid groups (broad SMARTS) is 1. The Kier molecular flexibility index (Phi) is 7.05. The van der Waals surface area contributed by atoms with Gasteiger partial charge >= 0.3 is 5.97 Å². The maximum absolute atomic E-state index is 12.5. The molecule has 6 nitrogen and oxygen atoms in total. The molecule has 3 aromatic rings. The zero-order valence-corrected chi connectivity index (χ0v) is 16.6. The van der Waals surface area contributed by atoms with Gasteiger partial charge in [-0.15, -0.1) is 0 Å². The van der Waals surface area contributed by atoms with Gasteiger partial charge in [-0.05, 0) is 47.5 Å². The van der Waals surface area contributed by atoms with Gasteiger partial charge in [-0.1, -0.05) is 42.5 Å². The Hall–Kier alpha value is -3.80. The van der Waals surface area contributed by atoms with Crippen LogP contribution in [0.25, 0.3) is 0 Å². The zero-order valence-electron chi connectivity index (χ0n) is 16.6. The molecule has 0 aliphatic carbocycles. The molecule has 0 aliphatic heterocycles. The molecule has 0 saturated heterocycles. The summed E-state index contributed by atoms with van der Waals surface area (Å²) in [6, 6.07) is 22.3. The minimum absolute atomic E-state index is 0.213. The predicted octanol–water partition coefficient (Wildman–Crippen LogP) is 3.70. The third kappa shape index (κ3) is 5.85. The van der Waals surface area contributed by atoms with Crippen molar-refractivity contribution in [3.63, 3.8) is 0 Å². The summed E-state index contributed by atoms with van der Waals surface area (Å²) in [7, 11) is 1.61. The van der Waals surface area contributed by atoms with Gasteiger partial charge in [-0.2, -0.15) is 0 Å². The van der Waals surface area contributed by atoms with Crippen molar-refractivity contribution in [2.45, 2.75) is 19.1 Å². The van der Waals surface area contributed by atoms with Crippen LogP contribution in [0.2, 0.25) is 0 Å². The lowest BCUT2D eigenvalue weighted by Gasteiger charge is -2.15. The molecule has 0 spiro atoms. The molecule has 0 aliphatic rings. The molecular formula is C24H23NO5. The summed E-state index contributed by atoms with van der Waals surface area (Å²) in [5, 5.41) is 12.0. The Balaban J connectivity index is 1.57. The Bertz CT molecular complexity index is 969. The van der Waals surface area contributed by atoms with E-state index in [-0.39, 0.29) is 6.42 Å². The quantitative estimate of drug-likeness (QED) is 0.567. The first kappa shape index (κ1) is 20.9. The molecular weight excluding hydrogens is 382 g/mol. The van der Waals surface area contributed by atoms with Gasteiger partial charge in [0, 0.05) is 12.0 Å². The van der Waals surface area contributed by atoms with Crippen molar-refractivity contribution in [3.8, 4) is 11.5 Å². The number of carbonyl (C=O) groups is 2. The first-order valence-corrected chi connectivity index (χ1v) is 9.48. The summed E-state index contributed by atoms with van der Waals surface area (Å²) >= 11 is 0. The second-order valence-electron chi connectivity index (χ2n) is 6.72. The minimum atomic E-state index is -1.08. The van der Waals surface area contributed by atoms with E-state index in [1.54, 1.807) is 31.4 Å². The maximum Gasteiger partial charge on any atom is 0.326 e. The zero-order chi connectivity index (χ0) is 21.3. The van der Waals surface area contributed by atoms with E-state index in [2.05, 4.69) is 5.32 Å². The lowest BCUT2D eigenvalue weighted by Crippen LogP contribution is -2.42. The summed E-state index contributed by atoms with van der Waals surface area (Å²) in [4.78, 5) is 24.0. The SMILES string of the molecule is COc1ccc(COc2ccc(C(=O)NC(Cc3ccccc3)C(=O)O)cc2)cc1. The largest absolute Gasteiger partial charge is 0.497 e. The van der Waals surface area contributed by atoms with E-state index >= 15 is 0 Å². The monoisotopic (exact) mass is 405 g/mol. The number of hydrogen-bond donors (Lipinski definition) is 2. The van der Waals surface area contributed by atoms with Crippen LogP contribution in [-0.4, -0.2) is 30.1 Å². The number of carbonyl (C=O) groups excluding carboxylic acids is 1. The lowest BCUT2D eigenvalue weighted by molar-refractivity contribution is -0.139. The van der Waals surface area contributed by atoms with E-state index in [9.17, 15) is 14.7 Å². The fraction of sp³-hybridized carbons (Fsp3) is 0.167. The topological polar surface area (TPSA) is 84.9 Å². The molecule has 1 atom stereocenters. The average Bonchev–Trinajstić information content (AvgIpc) is 2.78. The number of rotatable bonds is 9. The molecule has 1 unspecified atom stereocenters. The van der Waals surface area contributed by atoms with E-state index in [0.29, 0.717) is 17.9 Å². The molecule has 0 aromatic heterocycles. The number of carboxylic acids is 1. The predicted molar refractivity (Wildman–Crippen MR) is 113 cm³/mol. The molecule has 3 rings (SSSR count). The van der Waals surface area contributed by atoms with Crippen LogP contribution < -0.4 is 14.8 Å². The number of ether oxygens (including phenoxy) is 2. The maximum atomic E-state index is 12.5. The van der Waals surface area contributed by atoms with Crippen molar-refractivity contribution >= 4 is 11.9 Å². The normalized spacial score (nSPS) is 11.4. The molecule has 0 saturated carbocycles. The highest BCUT2D eigenvalue weighted by molar-refractivity contribution is 5.96. The number of amides is 1. The fourth-order valence-electron chi connectivity index (χ4n) is 2.88. The molecule has 3 aromatic carbocycles. The van der Waals surface area contributed by atoms with E-state index in [0.717, 1.165) is 16.9 Å². The van der Waals surface area contributed by atoms with Crippen LogP contribution in [-0.2, 0) is 17.8 Å². The van der Waals surface area contributed by atoms with Gasteiger partial charge in [0.2, 0.25) is 0 Å². The third-order valence-corrected chi connectivity index (χ3v) is 4.57. The Morgan fingerprint density at radius 3 is 2.10 bits per heavy atom. The minimum Gasteiger partial charge on any atom is -0.497 e. The lowest BCUT2D eigenvalue weighted by atomic mass is 10.1. The van der Waals surface area contributed by atoms with Crippen LogP contribution in [0, 0.1) is 0 Å². The first-order chi connectivity index (χ1) is 14.5. The van der Waals surface area contributed by atoms with Gasteiger partial charge in [0.15, 0.2) is 0 Å². The van der Waals surface area contributed by atoms with Gasteiger partial charge in [0.25, 0.3) is 5.91 Å². The van der Waals surface area contributed by atoms with Crippen LogP contribution in [0.4, 0.5) is 0 Å². The average molecular weight is 405 g/mol. The Morgan fingerprint density at radius 2 is 1.50 bits per heavy atom. The molecule has 154 valence electrons. The molecule has 0 fully saturated rings. The Morgan fingerprint density at radius 1 is 0.867 bits per heavy atom. The molecule has 30 heavy (non-hydrogen) atoms. The summed E-state index contributed by atoms with van der Waals surface area (Å²) in [6.45, 7) is 0.383. The van der Waals surface area contributed by atoms with Crippen LogP contribution in [0.3, 0.4) is 0 Å². The highest BCUT2D eigenvalue weighted by atomic mass is 16.5. The summed E-state index contributed by atoms with van der Waals surface area (Å²) in [6.07, 6.45) is 0.213. The summed E-state index contributed by atoms with van der Waals surface area (Å²) < 4.78 is 10.9. The van der Waals surface area contributed by atoms with Crippen molar-refractivity contribution < 1.29 is 24.2 Å². The second kappa shape index (κ2) is 10.1. The van der Waals surface area contributed by atoms with Crippen molar-refractivity contribution in [2.75, 3.05) is 7.11 Å². The van der Waals surface area contributed by atoms with Crippen LogP contribution in [0.5, 0.6) is 11.5 Å². The second-order valence-corrected chi connectivity index (χ2v) is 6.72. The summed E-state index contributed by atoms with van der Waals surface area (Å²) in [5.41, 5.74) is 2.20. The number of nitrogens with one attached hydrogen (secondary N) is 1. The number of benzene rings is 3. The molecule has 2 N–H and O–H groups in total. The van der Waals surface area contributed by atoms with E-state index in [1.165, 1.54) is 0 Å². The van der Waals surface area contributed by atoms with E-state index in [1.807, 2.05) is 54.6 Å². The molecule has 1 amide bonds. The standard InChI is InChI=1S/C24H23NO5/c1-29-20-11-7-18(8-12-20)16-30-21-13-9-19(10-14-21)23(26)25-22(24(27)28)15-17-5-3-2-4-6-17/h2-14,22H,15-16H2,1H3,(H,25,26)(H,27,28). The van der Waals surface area contributed by atoms with E-state index in [4.69, 9.17) is 9.47 Å². The van der Waals surface area contributed by atoms with Crippen molar-refractivity contribution in [2.24, 2.45) is 0 Å². The first-order valence-electron chi connectivity index (χ1n) is 9.48. The highest BCUT2D eigenvalue weighted by Gasteiger charge is 2.21. The van der Waals surface area contributed by atoms with Crippen LogP contribution in [0.15, 0.2) is 78.9 Å². The van der Waals surface area contributed by atoms with Crippen molar-refractivity contribution in [3.05, 3.63) is 95.6 Å². The number of methoxy groups -OCH3 is 1. The third-order valence-electron chi connectivity index (χ3n) is 4.57. The van der Waals surface area contributed by atoms with Gasteiger partial charge in [-0.25, -0.2) is 4.79 Å². The Labute approximate surface area is 175 Å². The van der Waals surface area contributed by atoms with E-state index < -0.39 is 17.9 Å². The smallest absolute Gasteiger partial charge is 0.326 e. The number of hydrogen-bond acceptors (Lipinski definition) is 4. The van der Waals surface area contributed by atoms with Crippen molar-refractivity contribution in [1.29, 1.82) is 0 Å². The fourth-order valence-corrected chi connectivity index (χ4v) is 2.88. The molecule has 0 radical (unpaired) electrons. The van der Waals surface area contributed by atoms with Gasteiger partial charge in [-0.3, -0.25) is 4.79 Å². The van der Waals surface area contributed by atoms with Crippen LogP contribution >= 0.6 is 0 Å².